The number of nitrogens with one attached hydrogen (secondary N) is 1. The fourth-order valence-corrected chi connectivity index (χ4v) is 1.73. The van der Waals surface area contributed by atoms with E-state index in [1.54, 1.807) is 14.2 Å². The predicted octanol–water partition coefficient (Wildman–Crippen LogP) is 0.791. The molecule has 0 aliphatic carbocycles. The minimum atomic E-state index is 0.0846. The smallest absolute Gasteiger partial charge is 0.0724 e. The summed E-state index contributed by atoms with van der Waals surface area (Å²) in [4.78, 5) is 0. The average Bonchev–Trinajstić information content (AvgIpc) is 2.16. The number of methoxy groups -OCH3 is 2. The molecule has 1 aliphatic heterocycles. The van der Waals surface area contributed by atoms with Crippen LogP contribution in [0, 0.1) is 0 Å². The molecule has 0 aromatic heterocycles. The van der Waals surface area contributed by atoms with Gasteiger partial charge in [-0.2, -0.15) is 0 Å². The van der Waals surface area contributed by atoms with Crippen LogP contribution < -0.4 is 5.32 Å². The molecule has 0 aromatic carbocycles. The molecule has 0 radical (unpaired) electrons. The van der Waals surface area contributed by atoms with Crippen molar-refractivity contribution in [2.75, 3.05) is 33.9 Å². The van der Waals surface area contributed by atoms with Crippen LogP contribution in [-0.2, 0) is 9.47 Å². The maximum atomic E-state index is 5.56. The van der Waals surface area contributed by atoms with Gasteiger partial charge in [0.25, 0.3) is 0 Å². The number of piperidine rings is 1. The van der Waals surface area contributed by atoms with Crippen LogP contribution in [0.25, 0.3) is 0 Å². The zero-order valence-corrected chi connectivity index (χ0v) is 8.06. The summed E-state index contributed by atoms with van der Waals surface area (Å²) in [6.07, 6.45) is 3.22. The fourth-order valence-electron chi connectivity index (χ4n) is 1.73. The Morgan fingerprint density at radius 2 is 1.92 bits per heavy atom. The van der Waals surface area contributed by atoms with Crippen LogP contribution >= 0.6 is 0 Å². The van der Waals surface area contributed by atoms with E-state index >= 15 is 0 Å². The summed E-state index contributed by atoms with van der Waals surface area (Å²) >= 11 is 0. The molecular weight excluding hydrogens is 154 g/mol. The summed E-state index contributed by atoms with van der Waals surface area (Å²) in [5, 5.41) is 3.33. The Hall–Kier alpha value is -0.120. The average molecular weight is 173 g/mol. The third kappa shape index (κ3) is 2.44. The van der Waals surface area contributed by atoms with E-state index < -0.39 is 0 Å². The Morgan fingerprint density at radius 3 is 2.42 bits per heavy atom. The van der Waals surface area contributed by atoms with Crippen molar-refractivity contribution in [3.05, 3.63) is 0 Å². The van der Waals surface area contributed by atoms with Crippen molar-refractivity contribution in [2.24, 2.45) is 0 Å². The molecule has 1 heterocycles. The Balaban J connectivity index is 2.37. The van der Waals surface area contributed by atoms with Gasteiger partial charge in [-0.05, 0) is 32.4 Å². The van der Waals surface area contributed by atoms with Crippen molar-refractivity contribution >= 4 is 0 Å². The number of rotatable bonds is 4. The standard InChI is InChI=1S/C9H19NO2/c1-11-8-5-9(12-2)3-6-10-7-4-9/h10H,3-8H2,1-2H3. The van der Waals surface area contributed by atoms with Crippen molar-refractivity contribution in [3.63, 3.8) is 0 Å². The van der Waals surface area contributed by atoms with Crippen molar-refractivity contribution < 1.29 is 9.47 Å². The van der Waals surface area contributed by atoms with E-state index in [1.165, 1.54) is 0 Å². The molecule has 12 heavy (non-hydrogen) atoms. The van der Waals surface area contributed by atoms with Gasteiger partial charge in [0, 0.05) is 20.8 Å². The third-order valence-corrected chi connectivity index (χ3v) is 2.71. The SMILES string of the molecule is COCCC1(OC)CCNCC1. The van der Waals surface area contributed by atoms with Gasteiger partial charge in [-0.15, -0.1) is 0 Å². The third-order valence-electron chi connectivity index (χ3n) is 2.71. The molecule has 0 unspecified atom stereocenters. The summed E-state index contributed by atoms with van der Waals surface area (Å²) in [5.74, 6) is 0. The highest BCUT2D eigenvalue weighted by Crippen LogP contribution is 2.25. The van der Waals surface area contributed by atoms with Crippen molar-refractivity contribution in [3.8, 4) is 0 Å². The van der Waals surface area contributed by atoms with Crippen LogP contribution in [0.2, 0.25) is 0 Å². The Bertz CT molecular complexity index is 122. The van der Waals surface area contributed by atoms with Crippen LogP contribution in [0.3, 0.4) is 0 Å². The van der Waals surface area contributed by atoms with Crippen molar-refractivity contribution in [1.29, 1.82) is 0 Å². The lowest BCUT2D eigenvalue weighted by molar-refractivity contribution is -0.0532. The molecule has 0 aromatic rings. The highest BCUT2D eigenvalue weighted by molar-refractivity contribution is 4.85. The second kappa shape index (κ2) is 4.80. The Morgan fingerprint density at radius 1 is 1.25 bits per heavy atom. The molecule has 1 N–H and O–H groups in total. The lowest BCUT2D eigenvalue weighted by Gasteiger charge is -2.36. The molecule has 1 fully saturated rings. The first-order valence-corrected chi connectivity index (χ1v) is 4.58. The first-order valence-electron chi connectivity index (χ1n) is 4.58. The summed E-state index contributed by atoms with van der Waals surface area (Å²) in [6, 6.07) is 0. The molecule has 0 amide bonds. The van der Waals surface area contributed by atoms with Crippen molar-refractivity contribution in [1.82, 2.24) is 5.32 Å². The molecule has 1 aliphatic rings. The molecule has 3 nitrogen and oxygen atoms in total. The lowest BCUT2D eigenvalue weighted by atomic mass is 9.89. The van der Waals surface area contributed by atoms with E-state index in [0.29, 0.717) is 0 Å². The van der Waals surface area contributed by atoms with E-state index in [-0.39, 0.29) is 5.60 Å². The van der Waals surface area contributed by atoms with Crippen molar-refractivity contribution in [2.45, 2.75) is 24.9 Å². The fraction of sp³-hybridized carbons (Fsp3) is 1.00. The van der Waals surface area contributed by atoms with Crippen LogP contribution in [-0.4, -0.2) is 39.5 Å². The highest BCUT2D eigenvalue weighted by atomic mass is 16.5. The summed E-state index contributed by atoms with van der Waals surface area (Å²) in [7, 11) is 3.55. The van der Waals surface area contributed by atoms with Gasteiger partial charge in [0.05, 0.1) is 5.60 Å². The topological polar surface area (TPSA) is 30.5 Å². The quantitative estimate of drug-likeness (QED) is 0.682. The second-order valence-corrected chi connectivity index (χ2v) is 3.38. The maximum Gasteiger partial charge on any atom is 0.0724 e. The maximum absolute atomic E-state index is 5.56. The van der Waals surface area contributed by atoms with Crippen LogP contribution in [0.4, 0.5) is 0 Å². The monoisotopic (exact) mass is 173 g/mol. The van der Waals surface area contributed by atoms with E-state index in [1.807, 2.05) is 0 Å². The van der Waals surface area contributed by atoms with Crippen LogP contribution in [0.15, 0.2) is 0 Å². The number of ether oxygens (including phenoxy) is 2. The van der Waals surface area contributed by atoms with E-state index in [0.717, 1.165) is 39.0 Å². The minimum absolute atomic E-state index is 0.0846. The van der Waals surface area contributed by atoms with E-state index in [2.05, 4.69) is 5.32 Å². The van der Waals surface area contributed by atoms with Gasteiger partial charge in [-0.25, -0.2) is 0 Å². The predicted molar refractivity (Wildman–Crippen MR) is 48.3 cm³/mol. The Kier molecular flexibility index (Phi) is 3.98. The summed E-state index contributed by atoms with van der Waals surface area (Å²) in [6.45, 7) is 2.93. The molecule has 72 valence electrons. The van der Waals surface area contributed by atoms with E-state index in [4.69, 9.17) is 9.47 Å². The molecule has 0 bridgehead atoms. The molecular formula is C9H19NO2. The second-order valence-electron chi connectivity index (χ2n) is 3.38. The first-order chi connectivity index (χ1) is 5.83. The summed E-state index contributed by atoms with van der Waals surface area (Å²) < 4.78 is 10.6. The number of hydrogen-bond acceptors (Lipinski definition) is 3. The molecule has 0 spiro atoms. The zero-order valence-electron chi connectivity index (χ0n) is 8.06. The molecule has 0 atom stereocenters. The Labute approximate surface area is 74.4 Å². The highest BCUT2D eigenvalue weighted by Gasteiger charge is 2.30. The molecule has 1 rings (SSSR count). The van der Waals surface area contributed by atoms with Gasteiger partial charge in [0.2, 0.25) is 0 Å². The molecule has 3 heteroatoms. The summed E-state index contributed by atoms with van der Waals surface area (Å²) in [5.41, 5.74) is 0.0846. The largest absolute Gasteiger partial charge is 0.385 e. The minimum Gasteiger partial charge on any atom is -0.385 e. The van der Waals surface area contributed by atoms with Gasteiger partial charge in [0.1, 0.15) is 0 Å². The molecule has 0 saturated carbocycles. The van der Waals surface area contributed by atoms with Gasteiger partial charge >= 0.3 is 0 Å². The first kappa shape index (κ1) is 9.96. The zero-order chi connectivity index (χ0) is 8.86. The number of hydrogen-bond donors (Lipinski definition) is 1. The molecule has 1 saturated heterocycles. The van der Waals surface area contributed by atoms with Gasteiger partial charge in [-0.1, -0.05) is 0 Å². The van der Waals surface area contributed by atoms with Gasteiger partial charge in [-0.3, -0.25) is 0 Å². The lowest BCUT2D eigenvalue weighted by Crippen LogP contribution is -2.44. The van der Waals surface area contributed by atoms with Crippen LogP contribution in [0.1, 0.15) is 19.3 Å². The normalized spacial score (nSPS) is 22.5. The van der Waals surface area contributed by atoms with Gasteiger partial charge in [0.15, 0.2) is 0 Å². The van der Waals surface area contributed by atoms with Crippen LogP contribution in [0.5, 0.6) is 0 Å². The van der Waals surface area contributed by atoms with Gasteiger partial charge < -0.3 is 14.8 Å². The van der Waals surface area contributed by atoms with E-state index in [9.17, 15) is 0 Å².